The van der Waals surface area contributed by atoms with Crippen LogP contribution in [0.25, 0.3) is 0 Å². The Balaban J connectivity index is 5.96. The van der Waals surface area contributed by atoms with Crippen molar-refractivity contribution in [3.05, 3.63) is 0 Å². The lowest BCUT2D eigenvalue weighted by Gasteiger charge is -2.35. The number of ether oxygens (including phenoxy) is 2. The van der Waals surface area contributed by atoms with Crippen LogP contribution in [0.1, 0.15) is 27.7 Å². The number of rotatable bonds is 5. The molecule has 156 valence electrons. The van der Waals surface area contributed by atoms with Gasteiger partial charge in [0.2, 0.25) is 0 Å². The molecule has 26 heavy (non-hydrogen) atoms. The van der Waals surface area contributed by atoms with Gasteiger partial charge in [-0.3, -0.25) is 4.74 Å². The minimum Gasteiger partial charge on any atom is -0.458 e. The number of carbonyl (C=O) groups is 1. The van der Waals surface area contributed by atoms with Gasteiger partial charge in [-0.15, -0.1) is 0 Å². The van der Waals surface area contributed by atoms with Crippen LogP contribution in [0.15, 0.2) is 0 Å². The highest BCUT2D eigenvalue weighted by molar-refractivity contribution is 5.79. The second-order valence-corrected chi connectivity index (χ2v) is 6.20. The smallest absolute Gasteiger partial charge is 0.458 e. The molecule has 0 rings (SSSR count). The van der Waals surface area contributed by atoms with Crippen molar-refractivity contribution in [2.24, 2.45) is 5.41 Å². The number of halogens is 11. The van der Waals surface area contributed by atoms with Crippen LogP contribution in [-0.2, 0) is 14.3 Å². The first kappa shape index (κ1) is 24.7. The molecule has 0 saturated carbocycles. The largest absolute Gasteiger partial charge is 0.462 e. The Morgan fingerprint density at radius 1 is 0.769 bits per heavy atom. The van der Waals surface area contributed by atoms with Crippen molar-refractivity contribution in [3.63, 3.8) is 0 Å². The molecule has 0 aliphatic carbocycles. The second kappa shape index (κ2) is 6.68. The van der Waals surface area contributed by atoms with Crippen LogP contribution in [0, 0.1) is 5.41 Å². The van der Waals surface area contributed by atoms with Crippen LogP contribution in [0.3, 0.4) is 0 Å². The van der Waals surface area contributed by atoms with Crippen molar-refractivity contribution >= 4 is 5.97 Å². The van der Waals surface area contributed by atoms with Crippen molar-refractivity contribution in [1.29, 1.82) is 0 Å². The van der Waals surface area contributed by atoms with Gasteiger partial charge >= 0.3 is 36.2 Å². The van der Waals surface area contributed by atoms with Crippen LogP contribution < -0.4 is 0 Å². The van der Waals surface area contributed by atoms with Gasteiger partial charge < -0.3 is 4.74 Å². The van der Waals surface area contributed by atoms with Gasteiger partial charge in [0.25, 0.3) is 0 Å². The molecule has 0 amide bonds. The molecule has 0 aromatic rings. The molecular formula is C12H13F11O3. The summed E-state index contributed by atoms with van der Waals surface area (Å²) < 4.78 is 145. The Bertz CT molecular complexity index is 518. The van der Waals surface area contributed by atoms with Gasteiger partial charge in [-0.25, -0.2) is 4.79 Å². The second-order valence-electron chi connectivity index (χ2n) is 6.20. The first-order chi connectivity index (χ1) is 11.0. The van der Waals surface area contributed by atoms with Gasteiger partial charge in [-0.2, -0.15) is 48.3 Å². The molecule has 0 fully saturated rings. The Morgan fingerprint density at radius 3 is 1.42 bits per heavy atom. The van der Waals surface area contributed by atoms with Crippen LogP contribution in [0.5, 0.6) is 0 Å². The maximum atomic E-state index is 13.9. The average molecular weight is 414 g/mol. The van der Waals surface area contributed by atoms with Gasteiger partial charge in [0.05, 0.1) is 0 Å². The van der Waals surface area contributed by atoms with E-state index in [0.29, 0.717) is 0 Å². The molecule has 0 heterocycles. The van der Waals surface area contributed by atoms with Crippen LogP contribution in [0.2, 0.25) is 0 Å². The molecule has 0 unspecified atom stereocenters. The van der Waals surface area contributed by atoms with Gasteiger partial charge in [0, 0.05) is 0 Å². The summed E-state index contributed by atoms with van der Waals surface area (Å²) in [5, 5.41) is 0. The molecule has 0 aliphatic rings. The first-order valence-electron chi connectivity index (χ1n) is 6.50. The highest BCUT2D eigenvalue weighted by atomic mass is 19.4. The van der Waals surface area contributed by atoms with Gasteiger partial charge in [-0.1, -0.05) is 20.8 Å². The summed E-state index contributed by atoms with van der Waals surface area (Å²) in [7, 11) is 0. The van der Waals surface area contributed by atoms with E-state index < -0.39 is 47.7 Å². The minimum atomic E-state index is -7.24. The predicted octanol–water partition coefficient (Wildman–Crippen LogP) is 5.00. The fourth-order valence-corrected chi connectivity index (χ4v) is 1.03. The summed E-state index contributed by atoms with van der Waals surface area (Å²) >= 11 is 0. The molecule has 0 saturated heterocycles. The fourth-order valence-electron chi connectivity index (χ4n) is 1.03. The minimum absolute atomic E-state index is 0.900. The molecule has 0 aromatic heterocycles. The fraction of sp³-hybridized carbons (Fsp3) is 0.917. The third-order valence-corrected chi connectivity index (χ3v) is 3.12. The van der Waals surface area contributed by atoms with E-state index in [-0.39, 0.29) is 0 Å². The average Bonchev–Trinajstić information content (AvgIpc) is 2.33. The van der Waals surface area contributed by atoms with E-state index in [0.717, 1.165) is 6.92 Å². The SMILES string of the molecule is C[C@H](OC(=O)[C@@](F)(OC(F)(F)C(F)(F)C(F)(F)F)C(F)(F)F)C(C)(C)C. The standard InChI is InChI=1S/C12H13F11O3/c1-5(7(2,3)4)25-6(24)8(13,10(16,17)18)26-12(22,23)9(14,15)11(19,20)21/h5H,1-4H3/t5-,8+/m0/s1. The van der Waals surface area contributed by atoms with Crippen LogP contribution in [0.4, 0.5) is 48.3 Å². The van der Waals surface area contributed by atoms with E-state index in [1.807, 2.05) is 0 Å². The van der Waals surface area contributed by atoms with E-state index in [1.165, 1.54) is 20.8 Å². The summed E-state index contributed by atoms with van der Waals surface area (Å²) in [5.41, 5.74) is -1.17. The predicted molar refractivity (Wildman–Crippen MR) is 61.9 cm³/mol. The van der Waals surface area contributed by atoms with Gasteiger partial charge in [0.15, 0.2) is 0 Å². The maximum absolute atomic E-state index is 13.9. The van der Waals surface area contributed by atoms with Crippen LogP contribution in [-0.4, -0.2) is 42.3 Å². The topological polar surface area (TPSA) is 35.5 Å². The zero-order valence-electron chi connectivity index (χ0n) is 13.5. The summed E-state index contributed by atoms with van der Waals surface area (Å²) in [6.45, 7) is 4.67. The molecule has 0 bridgehead atoms. The summed E-state index contributed by atoms with van der Waals surface area (Å²) in [6, 6.07) is 0. The number of esters is 1. The summed E-state index contributed by atoms with van der Waals surface area (Å²) in [6.07, 6.45) is -22.5. The molecule has 0 N–H and O–H groups in total. The Kier molecular flexibility index (Phi) is 6.33. The first-order valence-corrected chi connectivity index (χ1v) is 6.50. The van der Waals surface area contributed by atoms with E-state index in [4.69, 9.17) is 0 Å². The third kappa shape index (κ3) is 4.68. The van der Waals surface area contributed by atoms with E-state index in [2.05, 4.69) is 9.47 Å². The summed E-state index contributed by atoms with van der Waals surface area (Å²) in [5.74, 6) is -16.8. The van der Waals surface area contributed by atoms with E-state index in [9.17, 15) is 53.1 Å². The Hall–Kier alpha value is -1.34. The quantitative estimate of drug-likeness (QED) is 0.469. The van der Waals surface area contributed by atoms with Gasteiger partial charge in [-0.05, 0) is 12.3 Å². The Labute approximate surface area is 139 Å². The Morgan fingerprint density at radius 2 is 1.15 bits per heavy atom. The number of carbonyl (C=O) groups excluding carboxylic acids is 1. The zero-order chi connectivity index (χ0) is 21.6. The molecule has 0 aliphatic heterocycles. The lowest BCUT2D eigenvalue weighted by molar-refractivity contribution is -0.475. The molecular weight excluding hydrogens is 401 g/mol. The highest BCUT2D eigenvalue weighted by Gasteiger charge is 2.80. The van der Waals surface area contributed by atoms with Crippen LogP contribution >= 0.6 is 0 Å². The van der Waals surface area contributed by atoms with Crippen molar-refractivity contribution in [2.75, 3.05) is 0 Å². The van der Waals surface area contributed by atoms with E-state index >= 15 is 0 Å². The monoisotopic (exact) mass is 414 g/mol. The number of alkyl halides is 11. The van der Waals surface area contributed by atoms with Crippen molar-refractivity contribution in [3.8, 4) is 0 Å². The third-order valence-electron chi connectivity index (χ3n) is 3.12. The van der Waals surface area contributed by atoms with Gasteiger partial charge in [0.1, 0.15) is 6.10 Å². The lowest BCUT2D eigenvalue weighted by atomic mass is 9.90. The molecule has 0 aromatic carbocycles. The van der Waals surface area contributed by atoms with E-state index in [1.54, 1.807) is 0 Å². The maximum Gasteiger partial charge on any atom is 0.462 e. The normalized spacial score (nSPS) is 18.3. The molecule has 0 radical (unpaired) electrons. The zero-order valence-corrected chi connectivity index (χ0v) is 13.5. The molecule has 0 spiro atoms. The van der Waals surface area contributed by atoms with Crippen molar-refractivity contribution < 1.29 is 62.6 Å². The van der Waals surface area contributed by atoms with Crippen molar-refractivity contribution in [1.82, 2.24) is 0 Å². The number of hydrogen-bond donors (Lipinski definition) is 0. The highest BCUT2D eigenvalue weighted by Crippen LogP contribution is 2.51. The molecule has 14 heteroatoms. The lowest BCUT2D eigenvalue weighted by Crippen LogP contribution is -2.62. The number of hydrogen-bond acceptors (Lipinski definition) is 3. The van der Waals surface area contributed by atoms with Crippen molar-refractivity contribution in [2.45, 2.75) is 64.0 Å². The summed E-state index contributed by atoms with van der Waals surface area (Å²) in [4.78, 5) is 11.3. The molecule has 2 atom stereocenters. The molecule has 3 nitrogen and oxygen atoms in total.